The van der Waals surface area contributed by atoms with E-state index >= 15 is 0 Å². The zero-order valence-corrected chi connectivity index (χ0v) is 14.2. The van der Waals surface area contributed by atoms with Crippen molar-refractivity contribution in [2.45, 2.75) is 51.0 Å². The second-order valence-corrected chi connectivity index (χ2v) is 6.98. The molecule has 1 aliphatic rings. The topological polar surface area (TPSA) is 12.0 Å². The lowest BCUT2D eigenvalue weighted by molar-refractivity contribution is 0.362. The van der Waals surface area contributed by atoms with E-state index in [0.717, 1.165) is 6.42 Å². The number of rotatable bonds is 4. The van der Waals surface area contributed by atoms with Crippen LogP contribution in [0.2, 0.25) is 5.02 Å². The van der Waals surface area contributed by atoms with Crippen molar-refractivity contribution in [1.82, 2.24) is 5.32 Å². The van der Waals surface area contributed by atoms with Gasteiger partial charge in [-0.05, 0) is 47.4 Å². The molecule has 1 aromatic rings. The lowest BCUT2D eigenvalue weighted by Gasteiger charge is -2.23. The van der Waals surface area contributed by atoms with Gasteiger partial charge in [-0.3, -0.25) is 0 Å². The van der Waals surface area contributed by atoms with Crippen LogP contribution in [-0.4, -0.2) is 7.05 Å². The lowest BCUT2D eigenvalue weighted by atomic mass is 9.89. The van der Waals surface area contributed by atoms with E-state index in [1.54, 1.807) is 6.07 Å². The maximum absolute atomic E-state index is 14.2. The normalized spacial score (nSPS) is 18.8. The molecule has 2 rings (SSSR count). The van der Waals surface area contributed by atoms with Crippen LogP contribution in [0.1, 0.15) is 56.6 Å². The average molecular weight is 363 g/mol. The molecule has 1 aromatic carbocycles. The highest BCUT2D eigenvalue weighted by Gasteiger charge is 2.21. The largest absolute Gasteiger partial charge is 0.313 e. The van der Waals surface area contributed by atoms with E-state index in [9.17, 15) is 4.39 Å². The zero-order chi connectivity index (χ0) is 14.5. The first kappa shape index (κ1) is 16.3. The van der Waals surface area contributed by atoms with Gasteiger partial charge in [-0.15, -0.1) is 0 Å². The van der Waals surface area contributed by atoms with Gasteiger partial charge in [-0.25, -0.2) is 4.39 Å². The van der Waals surface area contributed by atoms with Crippen molar-refractivity contribution in [3.63, 3.8) is 0 Å². The molecule has 0 radical (unpaired) electrons. The van der Waals surface area contributed by atoms with Crippen LogP contribution in [0.25, 0.3) is 0 Å². The summed E-state index contributed by atoms with van der Waals surface area (Å²) in [5, 5.41) is 3.83. The number of hydrogen-bond acceptors (Lipinski definition) is 1. The Morgan fingerprint density at radius 3 is 2.55 bits per heavy atom. The molecule has 1 atom stereocenters. The fourth-order valence-corrected chi connectivity index (χ4v) is 3.63. The van der Waals surface area contributed by atoms with Crippen LogP contribution in [0.15, 0.2) is 16.6 Å². The van der Waals surface area contributed by atoms with Crippen molar-refractivity contribution in [1.29, 1.82) is 0 Å². The fourth-order valence-electron chi connectivity index (χ4n) is 3.14. The zero-order valence-electron chi connectivity index (χ0n) is 11.9. The molecule has 0 aliphatic heterocycles. The molecule has 1 N–H and O–H groups in total. The molecule has 0 saturated heterocycles. The Balaban J connectivity index is 2.13. The van der Waals surface area contributed by atoms with Crippen molar-refractivity contribution in [3.05, 3.63) is 33.0 Å². The van der Waals surface area contributed by atoms with Gasteiger partial charge in [0.2, 0.25) is 0 Å². The maximum Gasteiger partial charge on any atom is 0.129 e. The molecule has 1 nitrogen and oxygen atoms in total. The molecular formula is C16H22BrClFN. The van der Waals surface area contributed by atoms with Gasteiger partial charge in [0.25, 0.3) is 0 Å². The van der Waals surface area contributed by atoms with Crippen molar-refractivity contribution in [3.8, 4) is 0 Å². The summed E-state index contributed by atoms with van der Waals surface area (Å²) in [7, 11) is 1.90. The van der Waals surface area contributed by atoms with E-state index in [1.165, 1.54) is 44.6 Å². The third-order valence-electron chi connectivity index (χ3n) is 4.31. The minimum absolute atomic E-state index is 0.0451. The third-order valence-corrected chi connectivity index (χ3v) is 5.50. The predicted octanol–water partition coefficient (Wildman–Crippen LogP) is 5.86. The summed E-state index contributed by atoms with van der Waals surface area (Å²) < 4.78 is 14.8. The molecule has 20 heavy (non-hydrogen) atoms. The molecule has 1 fully saturated rings. The van der Waals surface area contributed by atoms with Gasteiger partial charge in [0, 0.05) is 16.1 Å². The van der Waals surface area contributed by atoms with Crippen molar-refractivity contribution in [2.24, 2.45) is 5.92 Å². The van der Waals surface area contributed by atoms with E-state index in [2.05, 4.69) is 21.2 Å². The molecular weight excluding hydrogens is 341 g/mol. The molecule has 0 bridgehead atoms. The summed E-state index contributed by atoms with van der Waals surface area (Å²) in [6.45, 7) is 0. The van der Waals surface area contributed by atoms with E-state index < -0.39 is 0 Å². The molecule has 112 valence electrons. The highest BCUT2D eigenvalue weighted by molar-refractivity contribution is 9.10. The molecule has 0 spiro atoms. The smallest absolute Gasteiger partial charge is 0.129 e. The number of benzene rings is 1. The van der Waals surface area contributed by atoms with Gasteiger partial charge in [0.1, 0.15) is 5.82 Å². The molecule has 0 heterocycles. The Morgan fingerprint density at radius 1 is 1.30 bits per heavy atom. The molecule has 0 aromatic heterocycles. The Kier molecular flexibility index (Phi) is 6.31. The minimum atomic E-state index is -0.186. The first-order chi connectivity index (χ1) is 9.61. The van der Waals surface area contributed by atoms with Crippen LogP contribution in [0.3, 0.4) is 0 Å². The van der Waals surface area contributed by atoms with Crippen molar-refractivity contribution < 1.29 is 4.39 Å². The van der Waals surface area contributed by atoms with Crippen LogP contribution in [0, 0.1) is 11.7 Å². The van der Waals surface area contributed by atoms with E-state index in [0.29, 0.717) is 21.0 Å². The maximum atomic E-state index is 14.2. The van der Waals surface area contributed by atoms with Crippen LogP contribution < -0.4 is 5.32 Å². The van der Waals surface area contributed by atoms with Gasteiger partial charge >= 0.3 is 0 Å². The summed E-state index contributed by atoms with van der Waals surface area (Å²) in [5.41, 5.74) is 0.685. The summed E-state index contributed by atoms with van der Waals surface area (Å²) in [6.07, 6.45) is 8.84. The Hall–Kier alpha value is -0.120. The second kappa shape index (κ2) is 7.77. The number of halogens is 3. The van der Waals surface area contributed by atoms with Crippen LogP contribution >= 0.6 is 27.5 Å². The average Bonchev–Trinajstić information content (AvgIpc) is 2.69. The standard InChI is InChI=1S/C16H22BrClFN/c1-20-16(8-11-6-4-2-3-5-7-11)12-9-14(18)13(17)10-15(12)19/h9-11,16,20H,2-8H2,1H3. The van der Waals surface area contributed by atoms with Gasteiger partial charge in [-0.2, -0.15) is 0 Å². The molecule has 4 heteroatoms. The summed E-state index contributed by atoms with van der Waals surface area (Å²) in [4.78, 5) is 0. The molecule has 0 amide bonds. The lowest BCUT2D eigenvalue weighted by Crippen LogP contribution is -2.21. The Labute approximate surface area is 134 Å². The Morgan fingerprint density at radius 2 is 1.95 bits per heavy atom. The third kappa shape index (κ3) is 4.19. The van der Waals surface area contributed by atoms with Gasteiger partial charge < -0.3 is 5.32 Å². The fraction of sp³-hybridized carbons (Fsp3) is 0.625. The van der Waals surface area contributed by atoms with Crippen LogP contribution in [0.4, 0.5) is 4.39 Å². The van der Waals surface area contributed by atoms with Crippen LogP contribution in [-0.2, 0) is 0 Å². The Bertz CT molecular complexity index is 444. The first-order valence-corrected chi connectivity index (χ1v) is 8.60. The minimum Gasteiger partial charge on any atom is -0.313 e. The second-order valence-electron chi connectivity index (χ2n) is 5.72. The van der Waals surface area contributed by atoms with E-state index in [-0.39, 0.29) is 11.9 Å². The highest BCUT2D eigenvalue weighted by atomic mass is 79.9. The summed E-state index contributed by atoms with van der Waals surface area (Å²) in [6, 6.07) is 3.26. The van der Waals surface area contributed by atoms with E-state index in [1.807, 2.05) is 7.05 Å². The monoisotopic (exact) mass is 361 g/mol. The van der Waals surface area contributed by atoms with E-state index in [4.69, 9.17) is 11.6 Å². The van der Waals surface area contributed by atoms with Crippen molar-refractivity contribution in [2.75, 3.05) is 7.05 Å². The molecule has 1 saturated carbocycles. The first-order valence-electron chi connectivity index (χ1n) is 7.43. The summed E-state index contributed by atoms with van der Waals surface area (Å²) >= 11 is 9.38. The number of nitrogens with one attached hydrogen (secondary N) is 1. The highest BCUT2D eigenvalue weighted by Crippen LogP contribution is 2.34. The predicted molar refractivity (Wildman–Crippen MR) is 86.7 cm³/mol. The van der Waals surface area contributed by atoms with Gasteiger partial charge in [0.15, 0.2) is 0 Å². The SMILES string of the molecule is CNC(CC1CCCCCC1)c1cc(Cl)c(Br)cc1F. The molecule has 1 aliphatic carbocycles. The van der Waals surface area contributed by atoms with Crippen molar-refractivity contribution >= 4 is 27.5 Å². The number of hydrogen-bond donors (Lipinski definition) is 1. The van der Waals surface area contributed by atoms with Gasteiger partial charge in [0.05, 0.1) is 5.02 Å². The summed E-state index contributed by atoms with van der Waals surface area (Å²) in [5.74, 6) is 0.506. The van der Waals surface area contributed by atoms with Gasteiger partial charge in [-0.1, -0.05) is 50.1 Å². The van der Waals surface area contributed by atoms with Crippen LogP contribution in [0.5, 0.6) is 0 Å². The quantitative estimate of drug-likeness (QED) is 0.522. The molecule has 1 unspecified atom stereocenters.